The van der Waals surface area contributed by atoms with Crippen LogP contribution in [0.5, 0.6) is 5.75 Å². The van der Waals surface area contributed by atoms with Crippen LogP contribution < -0.4 is 10.1 Å². The van der Waals surface area contributed by atoms with Crippen molar-refractivity contribution in [2.24, 2.45) is 0 Å². The highest BCUT2D eigenvalue weighted by molar-refractivity contribution is 7.99. The molecule has 1 unspecified atom stereocenters. The summed E-state index contributed by atoms with van der Waals surface area (Å²) in [5.74, 6) is -0.782. The van der Waals surface area contributed by atoms with Crippen LogP contribution in [-0.4, -0.2) is 37.2 Å². The number of amides is 1. The highest BCUT2D eigenvalue weighted by atomic mass is 32.2. The molecule has 2 aromatic rings. The molecule has 2 aromatic carbocycles. The van der Waals surface area contributed by atoms with Crippen molar-refractivity contribution in [2.75, 3.05) is 24.3 Å². The number of para-hydroxylation sites is 1. The Labute approximate surface area is 165 Å². The molecule has 1 aliphatic heterocycles. The zero-order chi connectivity index (χ0) is 20.0. The lowest BCUT2D eigenvalue weighted by Gasteiger charge is -2.13. The maximum absolute atomic E-state index is 12.5. The second-order valence-electron chi connectivity index (χ2n) is 6.32. The topological polar surface area (TPSA) is 47.6 Å². The van der Waals surface area contributed by atoms with E-state index in [1.54, 1.807) is 48.5 Å². The Bertz CT molecular complexity index is 790. The van der Waals surface area contributed by atoms with Crippen molar-refractivity contribution in [2.45, 2.75) is 30.0 Å². The van der Waals surface area contributed by atoms with Gasteiger partial charge in [-0.3, -0.25) is 4.79 Å². The summed E-state index contributed by atoms with van der Waals surface area (Å²) in [4.78, 5) is 12.8. The molecular weight excluding hydrogens is 391 g/mol. The SMILES string of the molecule is O=C(Nc1ccccc1SCC(F)(F)F)c1ccc(OCC2CCCO2)cc1. The van der Waals surface area contributed by atoms with Crippen molar-refractivity contribution < 1.29 is 27.4 Å². The first kappa shape index (κ1) is 20.5. The standard InChI is InChI=1S/C20H20F3NO3S/c21-20(22,23)13-28-18-6-2-1-5-17(18)24-19(25)14-7-9-15(10-8-14)27-12-16-4-3-11-26-16/h1-2,5-10,16H,3-4,11-13H2,(H,24,25). The lowest BCUT2D eigenvalue weighted by atomic mass is 10.2. The van der Waals surface area contributed by atoms with Gasteiger partial charge in [0.05, 0.1) is 17.5 Å². The minimum atomic E-state index is -4.28. The number of anilines is 1. The van der Waals surface area contributed by atoms with Gasteiger partial charge in [-0.2, -0.15) is 13.2 Å². The van der Waals surface area contributed by atoms with Gasteiger partial charge in [0, 0.05) is 17.1 Å². The fourth-order valence-electron chi connectivity index (χ4n) is 2.72. The summed E-state index contributed by atoms with van der Waals surface area (Å²) in [6, 6.07) is 13.0. The van der Waals surface area contributed by atoms with E-state index in [2.05, 4.69) is 5.32 Å². The Morgan fingerprint density at radius 3 is 2.61 bits per heavy atom. The van der Waals surface area contributed by atoms with Crippen molar-refractivity contribution in [3.63, 3.8) is 0 Å². The summed E-state index contributed by atoms with van der Waals surface area (Å²) in [6.45, 7) is 1.23. The van der Waals surface area contributed by atoms with Crippen molar-refractivity contribution in [1.82, 2.24) is 0 Å². The quantitative estimate of drug-likeness (QED) is 0.640. The maximum atomic E-state index is 12.5. The second-order valence-corrected chi connectivity index (χ2v) is 7.34. The summed E-state index contributed by atoms with van der Waals surface area (Å²) in [5.41, 5.74) is 0.737. The van der Waals surface area contributed by atoms with Gasteiger partial charge >= 0.3 is 6.18 Å². The van der Waals surface area contributed by atoms with Crippen LogP contribution in [0.2, 0.25) is 0 Å². The average Bonchev–Trinajstić information content (AvgIpc) is 3.19. The zero-order valence-electron chi connectivity index (χ0n) is 15.0. The lowest BCUT2D eigenvalue weighted by molar-refractivity contribution is -0.105. The number of hydrogen-bond donors (Lipinski definition) is 1. The minimum Gasteiger partial charge on any atom is -0.491 e. The Morgan fingerprint density at radius 2 is 1.93 bits per heavy atom. The molecule has 8 heteroatoms. The Balaban J connectivity index is 1.58. The highest BCUT2D eigenvalue weighted by Crippen LogP contribution is 2.32. The van der Waals surface area contributed by atoms with E-state index in [4.69, 9.17) is 9.47 Å². The van der Waals surface area contributed by atoms with Gasteiger partial charge in [-0.05, 0) is 49.2 Å². The molecule has 1 heterocycles. The van der Waals surface area contributed by atoms with Crippen LogP contribution in [0.15, 0.2) is 53.4 Å². The average molecular weight is 411 g/mol. The fourth-order valence-corrected chi connectivity index (χ4v) is 3.49. The summed E-state index contributed by atoms with van der Waals surface area (Å²) < 4.78 is 48.6. The molecule has 28 heavy (non-hydrogen) atoms. The van der Waals surface area contributed by atoms with Gasteiger partial charge in [-0.15, -0.1) is 11.8 Å². The monoisotopic (exact) mass is 411 g/mol. The van der Waals surface area contributed by atoms with Gasteiger partial charge in [-0.1, -0.05) is 12.1 Å². The molecule has 1 saturated heterocycles. The number of ether oxygens (including phenoxy) is 2. The van der Waals surface area contributed by atoms with Gasteiger partial charge in [0.15, 0.2) is 0 Å². The third-order valence-corrected chi connectivity index (χ3v) is 5.24. The third kappa shape index (κ3) is 6.17. The predicted octanol–water partition coefficient (Wildman–Crippen LogP) is 5.15. The van der Waals surface area contributed by atoms with E-state index in [0.29, 0.717) is 40.3 Å². The van der Waals surface area contributed by atoms with Crippen molar-refractivity contribution >= 4 is 23.4 Å². The summed E-state index contributed by atoms with van der Waals surface area (Å²) in [5, 5.41) is 2.67. The highest BCUT2D eigenvalue weighted by Gasteiger charge is 2.27. The largest absolute Gasteiger partial charge is 0.491 e. The number of hydrogen-bond acceptors (Lipinski definition) is 4. The normalized spacial score (nSPS) is 16.8. The van der Waals surface area contributed by atoms with Crippen molar-refractivity contribution in [3.8, 4) is 5.75 Å². The molecule has 0 aromatic heterocycles. The van der Waals surface area contributed by atoms with Crippen molar-refractivity contribution in [1.29, 1.82) is 0 Å². The number of rotatable bonds is 7. The van der Waals surface area contributed by atoms with E-state index in [-0.39, 0.29) is 6.10 Å². The van der Waals surface area contributed by atoms with Crippen LogP contribution in [0, 0.1) is 0 Å². The summed E-state index contributed by atoms with van der Waals surface area (Å²) in [7, 11) is 0. The summed E-state index contributed by atoms with van der Waals surface area (Å²) >= 11 is 0.641. The molecule has 1 N–H and O–H groups in total. The number of benzene rings is 2. The van der Waals surface area contributed by atoms with Crippen LogP contribution in [0.4, 0.5) is 18.9 Å². The lowest BCUT2D eigenvalue weighted by Crippen LogP contribution is -2.16. The number of carbonyl (C=O) groups excluding carboxylic acids is 1. The smallest absolute Gasteiger partial charge is 0.398 e. The first-order valence-corrected chi connectivity index (χ1v) is 9.84. The first-order chi connectivity index (χ1) is 13.4. The molecule has 1 aliphatic rings. The van der Waals surface area contributed by atoms with E-state index < -0.39 is 17.8 Å². The number of thioether (sulfide) groups is 1. The predicted molar refractivity (Wildman–Crippen MR) is 102 cm³/mol. The Hall–Kier alpha value is -2.19. The van der Waals surface area contributed by atoms with Gasteiger partial charge in [-0.25, -0.2) is 0 Å². The molecule has 0 saturated carbocycles. The Kier molecular flexibility index (Phi) is 6.85. The number of nitrogens with one attached hydrogen (secondary N) is 1. The third-order valence-electron chi connectivity index (χ3n) is 4.10. The molecule has 0 radical (unpaired) electrons. The number of halogens is 3. The summed E-state index contributed by atoms with van der Waals surface area (Å²) in [6.07, 6.45) is -2.16. The molecule has 150 valence electrons. The number of alkyl halides is 3. The molecule has 3 rings (SSSR count). The first-order valence-electron chi connectivity index (χ1n) is 8.85. The van der Waals surface area contributed by atoms with Crippen LogP contribution in [0.25, 0.3) is 0 Å². The van der Waals surface area contributed by atoms with Gasteiger partial charge < -0.3 is 14.8 Å². The molecular formula is C20H20F3NO3S. The van der Waals surface area contributed by atoms with E-state index >= 15 is 0 Å². The van der Waals surface area contributed by atoms with Crippen LogP contribution in [-0.2, 0) is 4.74 Å². The van der Waals surface area contributed by atoms with E-state index in [1.807, 2.05) is 0 Å². The molecule has 1 atom stereocenters. The Morgan fingerprint density at radius 1 is 1.18 bits per heavy atom. The maximum Gasteiger partial charge on any atom is 0.398 e. The minimum absolute atomic E-state index is 0.105. The van der Waals surface area contributed by atoms with Gasteiger partial charge in [0.1, 0.15) is 12.4 Å². The van der Waals surface area contributed by atoms with E-state index in [1.165, 1.54) is 0 Å². The van der Waals surface area contributed by atoms with Gasteiger partial charge in [0.25, 0.3) is 5.91 Å². The van der Waals surface area contributed by atoms with Crippen LogP contribution >= 0.6 is 11.8 Å². The van der Waals surface area contributed by atoms with E-state index in [0.717, 1.165) is 19.4 Å². The molecule has 0 aliphatic carbocycles. The number of carbonyl (C=O) groups is 1. The molecule has 0 spiro atoms. The fraction of sp³-hybridized carbons (Fsp3) is 0.350. The van der Waals surface area contributed by atoms with Crippen LogP contribution in [0.1, 0.15) is 23.2 Å². The zero-order valence-corrected chi connectivity index (χ0v) is 15.8. The molecule has 1 fully saturated rings. The molecule has 4 nitrogen and oxygen atoms in total. The van der Waals surface area contributed by atoms with Crippen molar-refractivity contribution in [3.05, 3.63) is 54.1 Å². The van der Waals surface area contributed by atoms with E-state index in [9.17, 15) is 18.0 Å². The molecule has 0 bridgehead atoms. The van der Waals surface area contributed by atoms with Gasteiger partial charge in [0.2, 0.25) is 0 Å². The molecule has 1 amide bonds. The van der Waals surface area contributed by atoms with Crippen LogP contribution in [0.3, 0.4) is 0 Å². The second kappa shape index (κ2) is 9.34.